The van der Waals surface area contributed by atoms with Crippen molar-refractivity contribution in [3.05, 3.63) is 46.4 Å². The van der Waals surface area contributed by atoms with Gasteiger partial charge in [-0.25, -0.2) is 0 Å². The molecule has 0 saturated carbocycles. The molecule has 6 nitrogen and oxygen atoms in total. The quantitative estimate of drug-likeness (QED) is 0.808. The number of carbonyl (C=O) groups is 2. The summed E-state index contributed by atoms with van der Waals surface area (Å²) in [6.45, 7) is 0. The fourth-order valence-electron chi connectivity index (χ4n) is 1.88. The van der Waals surface area contributed by atoms with Crippen molar-refractivity contribution in [2.75, 3.05) is 24.9 Å². The highest BCUT2D eigenvalue weighted by Crippen LogP contribution is 2.35. The van der Waals surface area contributed by atoms with Gasteiger partial charge in [0.2, 0.25) is 0 Å². The average molecular weight is 369 g/mol. The number of amides is 2. The maximum absolute atomic E-state index is 12.1. The van der Waals surface area contributed by atoms with E-state index in [0.717, 1.165) is 0 Å². The van der Waals surface area contributed by atoms with Crippen LogP contribution in [-0.2, 0) is 9.59 Å². The lowest BCUT2D eigenvalue weighted by molar-refractivity contribution is -0.133. The fourth-order valence-corrected chi connectivity index (χ4v) is 2.29. The van der Waals surface area contributed by atoms with Gasteiger partial charge in [-0.15, -0.1) is 0 Å². The third kappa shape index (κ3) is 4.10. The first kappa shape index (κ1) is 17.9. The van der Waals surface area contributed by atoms with Gasteiger partial charge in [0, 0.05) is 12.1 Å². The van der Waals surface area contributed by atoms with Crippen molar-refractivity contribution < 1.29 is 19.1 Å². The molecule has 126 valence electrons. The second kappa shape index (κ2) is 7.90. The highest BCUT2D eigenvalue weighted by Gasteiger charge is 2.18. The summed E-state index contributed by atoms with van der Waals surface area (Å²) in [7, 11) is 2.85. The van der Waals surface area contributed by atoms with E-state index in [4.69, 9.17) is 32.7 Å². The number of anilines is 2. The molecule has 0 fully saturated rings. The van der Waals surface area contributed by atoms with Crippen molar-refractivity contribution in [1.82, 2.24) is 0 Å². The predicted molar refractivity (Wildman–Crippen MR) is 93.3 cm³/mol. The topological polar surface area (TPSA) is 76.7 Å². The summed E-state index contributed by atoms with van der Waals surface area (Å²) in [4.78, 5) is 24.1. The molecule has 0 radical (unpaired) electrons. The van der Waals surface area contributed by atoms with Gasteiger partial charge in [0.25, 0.3) is 0 Å². The second-order valence-electron chi connectivity index (χ2n) is 4.58. The number of hydrogen-bond donors (Lipinski definition) is 2. The Bertz CT molecular complexity index is 781. The third-order valence-corrected chi connectivity index (χ3v) is 3.68. The molecule has 0 aliphatic carbocycles. The van der Waals surface area contributed by atoms with Crippen LogP contribution in [0.4, 0.5) is 11.4 Å². The first-order valence-electron chi connectivity index (χ1n) is 6.74. The number of nitrogens with one attached hydrogen (secondary N) is 2. The summed E-state index contributed by atoms with van der Waals surface area (Å²) in [5, 5.41) is 5.51. The van der Waals surface area contributed by atoms with Crippen molar-refractivity contribution in [3.8, 4) is 11.5 Å². The fraction of sp³-hybridized carbons (Fsp3) is 0.125. The monoisotopic (exact) mass is 368 g/mol. The first-order chi connectivity index (χ1) is 11.5. The highest BCUT2D eigenvalue weighted by atomic mass is 35.5. The predicted octanol–water partition coefficient (Wildman–Crippen LogP) is 3.59. The van der Waals surface area contributed by atoms with Crippen molar-refractivity contribution in [3.63, 3.8) is 0 Å². The molecule has 0 saturated heterocycles. The van der Waals surface area contributed by atoms with E-state index in [9.17, 15) is 9.59 Å². The lowest BCUT2D eigenvalue weighted by atomic mass is 10.2. The SMILES string of the molecule is COc1cc(NC(=O)C(=O)Nc2ccccc2Cl)c(OC)cc1Cl. The molecule has 2 aromatic carbocycles. The number of methoxy groups -OCH3 is 2. The van der Waals surface area contributed by atoms with Crippen LogP contribution in [0.15, 0.2) is 36.4 Å². The zero-order valence-electron chi connectivity index (χ0n) is 12.9. The maximum atomic E-state index is 12.1. The Morgan fingerprint density at radius 1 is 0.833 bits per heavy atom. The average Bonchev–Trinajstić information content (AvgIpc) is 2.57. The zero-order valence-corrected chi connectivity index (χ0v) is 14.4. The van der Waals surface area contributed by atoms with E-state index in [1.54, 1.807) is 24.3 Å². The number of para-hydroxylation sites is 1. The van der Waals surface area contributed by atoms with Crippen LogP contribution in [0.5, 0.6) is 11.5 Å². The van der Waals surface area contributed by atoms with Gasteiger partial charge in [-0.2, -0.15) is 0 Å². The van der Waals surface area contributed by atoms with Crippen LogP contribution < -0.4 is 20.1 Å². The molecule has 0 spiro atoms. The molecule has 2 N–H and O–H groups in total. The summed E-state index contributed by atoms with van der Waals surface area (Å²) >= 11 is 11.9. The van der Waals surface area contributed by atoms with E-state index < -0.39 is 11.8 Å². The van der Waals surface area contributed by atoms with Crippen molar-refractivity contribution in [2.24, 2.45) is 0 Å². The van der Waals surface area contributed by atoms with Gasteiger partial charge in [0.15, 0.2) is 0 Å². The number of halogens is 2. The molecule has 0 aliphatic rings. The van der Waals surface area contributed by atoms with Crippen LogP contribution in [0, 0.1) is 0 Å². The van der Waals surface area contributed by atoms with E-state index in [-0.39, 0.29) is 5.69 Å². The largest absolute Gasteiger partial charge is 0.495 e. The lowest BCUT2D eigenvalue weighted by Crippen LogP contribution is -2.29. The summed E-state index contributed by atoms with van der Waals surface area (Å²) in [6.07, 6.45) is 0. The smallest absolute Gasteiger partial charge is 0.314 e. The van der Waals surface area contributed by atoms with Crippen molar-refractivity contribution >= 4 is 46.4 Å². The minimum atomic E-state index is -0.891. The summed E-state index contributed by atoms with van der Waals surface area (Å²) in [5.41, 5.74) is 0.582. The first-order valence-corrected chi connectivity index (χ1v) is 7.50. The van der Waals surface area contributed by atoms with Crippen LogP contribution >= 0.6 is 23.2 Å². The molecule has 0 aromatic heterocycles. The highest BCUT2D eigenvalue weighted by molar-refractivity contribution is 6.45. The van der Waals surface area contributed by atoms with E-state index >= 15 is 0 Å². The minimum Gasteiger partial charge on any atom is -0.495 e. The third-order valence-electron chi connectivity index (χ3n) is 3.05. The summed E-state index contributed by atoms with van der Waals surface area (Å²) in [6, 6.07) is 9.51. The Labute approximate surface area is 148 Å². The number of benzene rings is 2. The normalized spacial score (nSPS) is 10.0. The van der Waals surface area contributed by atoms with Gasteiger partial charge >= 0.3 is 11.8 Å². The van der Waals surface area contributed by atoms with Crippen LogP contribution in [-0.4, -0.2) is 26.0 Å². The minimum absolute atomic E-state index is 0.248. The van der Waals surface area contributed by atoms with Gasteiger partial charge in [-0.05, 0) is 12.1 Å². The second-order valence-corrected chi connectivity index (χ2v) is 5.39. The van der Waals surface area contributed by atoms with Crippen LogP contribution in [0.1, 0.15) is 0 Å². The van der Waals surface area contributed by atoms with Gasteiger partial charge < -0.3 is 20.1 Å². The molecule has 0 heterocycles. The Kier molecular flexibility index (Phi) is 5.89. The molecule has 8 heteroatoms. The van der Waals surface area contributed by atoms with E-state index in [2.05, 4.69) is 10.6 Å². The van der Waals surface area contributed by atoms with Crippen molar-refractivity contribution in [2.45, 2.75) is 0 Å². The molecular weight excluding hydrogens is 355 g/mol. The number of rotatable bonds is 4. The Morgan fingerprint density at radius 3 is 2.00 bits per heavy atom. The van der Waals surface area contributed by atoms with Crippen LogP contribution in [0.2, 0.25) is 10.0 Å². The molecule has 24 heavy (non-hydrogen) atoms. The molecule has 2 amide bonds. The Morgan fingerprint density at radius 2 is 1.42 bits per heavy atom. The molecule has 2 rings (SSSR count). The van der Waals surface area contributed by atoms with E-state index in [0.29, 0.717) is 27.2 Å². The molecule has 0 bridgehead atoms. The molecular formula is C16H14Cl2N2O4. The number of carbonyl (C=O) groups excluding carboxylic acids is 2. The van der Waals surface area contributed by atoms with E-state index in [1.807, 2.05) is 0 Å². The molecule has 2 aromatic rings. The Hall–Kier alpha value is -2.44. The molecule has 0 atom stereocenters. The standard InChI is InChI=1S/C16H14Cl2N2O4/c1-23-13-8-12(14(24-2)7-10(13)18)20-16(22)15(21)19-11-6-4-3-5-9(11)17/h3-8H,1-2H3,(H,19,21)(H,20,22). The summed E-state index contributed by atoms with van der Waals surface area (Å²) in [5.74, 6) is -1.14. The zero-order chi connectivity index (χ0) is 17.7. The lowest BCUT2D eigenvalue weighted by Gasteiger charge is -2.13. The maximum Gasteiger partial charge on any atom is 0.314 e. The summed E-state index contributed by atoms with van der Waals surface area (Å²) < 4.78 is 10.2. The van der Waals surface area contributed by atoms with Gasteiger partial charge in [-0.3, -0.25) is 9.59 Å². The van der Waals surface area contributed by atoms with Gasteiger partial charge in [-0.1, -0.05) is 35.3 Å². The Balaban J connectivity index is 2.17. The number of ether oxygens (including phenoxy) is 2. The van der Waals surface area contributed by atoms with Gasteiger partial charge in [0.1, 0.15) is 11.5 Å². The van der Waals surface area contributed by atoms with Gasteiger partial charge in [0.05, 0.1) is 35.6 Å². The van der Waals surface area contributed by atoms with Crippen LogP contribution in [0.25, 0.3) is 0 Å². The van der Waals surface area contributed by atoms with E-state index in [1.165, 1.54) is 26.4 Å². The molecule has 0 unspecified atom stereocenters. The number of hydrogen-bond acceptors (Lipinski definition) is 4. The molecule has 0 aliphatic heterocycles. The van der Waals surface area contributed by atoms with Crippen LogP contribution in [0.3, 0.4) is 0 Å². The van der Waals surface area contributed by atoms with Crippen molar-refractivity contribution in [1.29, 1.82) is 0 Å².